The molecule has 2 nitrogen and oxygen atoms in total. The average Bonchev–Trinajstić information content (AvgIpc) is 2.02. The summed E-state index contributed by atoms with van der Waals surface area (Å²) >= 11 is 0. The summed E-state index contributed by atoms with van der Waals surface area (Å²) in [6.07, 6.45) is 9.10. The molecule has 0 bridgehead atoms. The van der Waals surface area contributed by atoms with Gasteiger partial charge in [-0.1, -0.05) is 32.1 Å². The third-order valence-corrected chi connectivity index (χ3v) is 3.27. The summed E-state index contributed by atoms with van der Waals surface area (Å²) in [7, 11) is 0. The van der Waals surface area contributed by atoms with E-state index in [9.17, 15) is 0 Å². The molecular formula is C12H26N2. The number of rotatable bonds is 4. The summed E-state index contributed by atoms with van der Waals surface area (Å²) in [5, 5.41) is 0. The quantitative estimate of drug-likeness (QED) is 0.729. The Morgan fingerprint density at radius 1 is 1.29 bits per heavy atom. The average molecular weight is 198 g/mol. The van der Waals surface area contributed by atoms with E-state index in [1.54, 1.807) is 0 Å². The summed E-state index contributed by atoms with van der Waals surface area (Å²) in [6.45, 7) is 4.21. The van der Waals surface area contributed by atoms with Crippen molar-refractivity contribution >= 4 is 0 Å². The molecule has 2 atom stereocenters. The van der Waals surface area contributed by atoms with Gasteiger partial charge >= 0.3 is 0 Å². The minimum Gasteiger partial charge on any atom is -0.328 e. The molecule has 2 heteroatoms. The van der Waals surface area contributed by atoms with Crippen LogP contribution in [-0.4, -0.2) is 11.6 Å². The van der Waals surface area contributed by atoms with Gasteiger partial charge in [0.1, 0.15) is 0 Å². The molecule has 0 aromatic rings. The Bertz CT molecular complexity index is 158. The third kappa shape index (κ3) is 4.43. The van der Waals surface area contributed by atoms with E-state index in [4.69, 9.17) is 11.5 Å². The third-order valence-electron chi connectivity index (χ3n) is 3.27. The zero-order valence-corrected chi connectivity index (χ0v) is 9.76. The van der Waals surface area contributed by atoms with Crippen LogP contribution in [0.3, 0.4) is 0 Å². The summed E-state index contributed by atoms with van der Waals surface area (Å²) in [6, 6.07) is 0.230. The second-order valence-corrected chi connectivity index (χ2v) is 5.54. The highest BCUT2D eigenvalue weighted by Gasteiger charge is 2.25. The minimum atomic E-state index is -0.0455. The molecule has 84 valence electrons. The van der Waals surface area contributed by atoms with Crippen molar-refractivity contribution in [1.29, 1.82) is 0 Å². The Morgan fingerprint density at radius 2 is 1.86 bits per heavy atom. The molecule has 1 aliphatic carbocycles. The van der Waals surface area contributed by atoms with Gasteiger partial charge in [0.2, 0.25) is 0 Å². The molecule has 1 unspecified atom stereocenters. The maximum absolute atomic E-state index is 6.27. The highest BCUT2D eigenvalue weighted by atomic mass is 14.8. The standard InChI is InChI=1S/C12H26N2/c1-10(13)8-12(2,14)9-11-6-4-3-5-7-11/h10-11H,3-9,13-14H2,1-2H3/t10-,12?/m1/s1. The molecule has 0 aromatic heterocycles. The Kier molecular flexibility index (Phi) is 4.39. The SMILES string of the molecule is C[C@@H](N)CC(C)(N)CC1CCCCC1. The van der Waals surface area contributed by atoms with Crippen LogP contribution in [-0.2, 0) is 0 Å². The molecule has 0 radical (unpaired) electrons. The van der Waals surface area contributed by atoms with Crippen molar-refractivity contribution in [1.82, 2.24) is 0 Å². The van der Waals surface area contributed by atoms with E-state index in [0.29, 0.717) is 0 Å². The lowest BCUT2D eigenvalue weighted by Gasteiger charge is -2.32. The van der Waals surface area contributed by atoms with Crippen molar-refractivity contribution in [3.8, 4) is 0 Å². The van der Waals surface area contributed by atoms with Crippen molar-refractivity contribution < 1.29 is 0 Å². The van der Waals surface area contributed by atoms with E-state index in [1.165, 1.54) is 32.1 Å². The van der Waals surface area contributed by atoms with Gasteiger partial charge in [-0.2, -0.15) is 0 Å². The first-order valence-electron chi connectivity index (χ1n) is 6.04. The fraction of sp³-hybridized carbons (Fsp3) is 1.00. The Balaban J connectivity index is 2.32. The fourth-order valence-corrected chi connectivity index (χ4v) is 2.87. The van der Waals surface area contributed by atoms with Crippen molar-refractivity contribution in [3.63, 3.8) is 0 Å². The number of hydrogen-bond donors (Lipinski definition) is 2. The molecule has 0 spiro atoms. The van der Waals surface area contributed by atoms with Gasteiger partial charge in [-0.15, -0.1) is 0 Å². The van der Waals surface area contributed by atoms with E-state index in [2.05, 4.69) is 6.92 Å². The van der Waals surface area contributed by atoms with Crippen LogP contribution in [0.4, 0.5) is 0 Å². The lowest BCUT2D eigenvalue weighted by molar-refractivity contribution is 0.253. The highest BCUT2D eigenvalue weighted by Crippen LogP contribution is 2.31. The zero-order valence-electron chi connectivity index (χ0n) is 9.76. The summed E-state index contributed by atoms with van der Waals surface area (Å²) in [4.78, 5) is 0. The van der Waals surface area contributed by atoms with E-state index in [0.717, 1.165) is 18.8 Å². The molecule has 14 heavy (non-hydrogen) atoms. The molecule has 0 aromatic carbocycles. The minimum absolute atomic E-state index is 0.0455. The van der Waals surface area contributed by atoms with Crippen LogP contribution >= 0.6 is 0 Å². The van der Waals surface area contributed by atoms with Gasteiger partial charge in [0.15, 0.2) is 0 Å². The van der Waals surface area contributed by atoms with Crippen LogP contribution in [0.15, 0.2) is 0 Å². The van der Waals surface area contributed by atoms with Crippen molar-refractivity contribution in [2.24, 2.45) is 17.4 Å². The Morgan fingerprint density at radius 3 is 2.36 bits per heavy atom. The lowest BCUT2D eigenvalue weighted by atomic mass is 9.78. The van der Waals surface area contributed by atoms with Crippen LogP contribution < -0.4 is 11.5 Å². The summed E-state index contributed by atoms with van der Waals surface area (Å²) in [5.41, 5.74) is 12.0. The first-order valence-corrected chi connectivity index (χ1v) is 6.04. The molecule has 1 rings (SSSR count). The molecule has 0 heterocycles. The molecule has 1 fully saturated rings. The van der Waals surface area contributed by atoms with E-state index in [1.807, 2.05) is 6.92 Å². The van der Waals surface area contributed by atoms with Gasteiger partial charge in [-0.25, -0.2) is 0 Å². The largest absolute Gasteiger partial charge is 0.328 e. The van der Waals surface area contributed by atoms with Crippen LogP contribution in [0, 0.1) is 5.92 Å². The maximum Gasteiger partial charge on any atom is 0.0143 e. The van der Waals surface area contributed by atoms with Gasteiger partial charge in [0.25, 0.3) is 0 Å². The van der Waals surface area contributed by atoms with Crippen LogP contribution in [0.25, 0.3) is 0 Å². The smallest absolute Gasteiger partial charge is 0.0143 e. The molecule has 0 aliphatic heterocycles. The second kappa shape index (κ2) is 5.13. The molecule has 0 saturated heterocycles. The molecule has 1 saturated carbocycles. The van der Waals surface area contributed by atoms with Gasteiger partial charge in [-0.05, 0) is 32.6 Å². The van der Waals surface area contributed by atoms with E-state index in [-0.39, 0.29) is 11.6 Å². The molecule has 4 N–H and O–H groups in total. The Hall–Kier alpha value is -0.0800. The van der Waals surface area contributed by atoms with Crippen LogP contribution in [0.2, 0.25) is 0 Å². The summed E-state index contributed by atoms with van der Waals surface area (Å²) in [5.74, 6) is 0.859. The van der Waals surface area contributed by atoms with Gasteiger partial charge in [0.05, 0.1) is 0 Å². The first kappa shape index (κ1) is 12.0. The second-order valence-electron chi connectivity index (χ2n) is 5.54. The molecular weight excluding hydrogens is 172 g/mol. The van der Waals surface area contributed by atoms with Crippen LogP contribution in [0.5, 0.6) is 0 Å². The molecule has 1 aliphatic rings. The van der Waals surface area contributed by atoms with E-state index < -0.39 is 0 Å². The fourth-order valence-electron chi connectivity index (χ4n) is 2.87. The lowest BCUT2D eigenvalue weighted by Crippen LogP contribution is -2.43. The van der Waals surface area contributed by atoms with E-state index >= 15 is 0 Å². The topological polar surface area (TPSA) is 52.0 Å². The predicted octanol–water partition coefficient (Wildman–Crippen LogP) is 2.41. The normalized spacial score (nSPS) is 25.7. The Labute approximate surface area is 88.4 Å². The van der Waals surface area contributed by atoms with Crippen LogP contribution in [0.1, 0.15) is 58.8 Å². The monoisotopic (exact) mass is 198 g/mol. The highest BCUT2D eigenvalue weighted by molar-refractivity contribution is 4.85. The van der Waals surface area contributed by atoms with Crippen molar-refractivity contribution in [2.45, 2.75) is 70.4 Å². The van der Waals surface area contributed by atoms with Gasteiger partial charge in [0, 0.05) is 11.6 Å². The van der Waals surface area contributed by atoms with Crippen molar-refractivity contribution in [3.05, 3.63) is 0 Å². The summed E-state index contributed by atoms with van der Waals surface area (Å²) < 4.78 is 0. The zero-order chi connectivity index (χ0) is 10.6. The first-order chi connectivity index (χ1) is 6.49. The maximum atomic E-state index is 6.27. The molecule has 0 amide bonds. The number of hydrogen-bond acceptors (Lipinski definition) is 2. The van der Waals surface area contributed by atoms with Gasteiger partial charge in [-0.3, -0.25) is 0 Å². The van der Waals surface area contributed by atoms with Crippen molar-refractivity contribution in [2.75, 3.05) is 0 Å². The van der Waals surface area contributed by atoms with Gasteiger partial charge < -0.3 is 11.5 Å². The predicted molar refractivity (Wildman–Crippen MR) is 62.1 cm³/mol. The number of nitrogens with two attached hydrogens (primary N) is 2.